The number of alkyl halides is 3. The number of likely N-dealkylation sites (tertiary alicyclic amines) is 1. The van der Waals surface area contributed by atoms with E-state index >= 15 is 0 Å². The number of benzene rings is 3. The van der Waals surface area contributed by atoms with Crippen LogP contribution in [0.15, 0.2) is 66.7 Å². The Morgan fingerprint density at radius 3 is 2.00 bits per heavy atom. The average Bonchev–Trinajstić information content (AvgIpc) is 3.40. The third-order valence-corrected chi connectivity index (χ3v) is 7.62. The van der Waals surface area contributed by atoms with Crippen molar-refractivity contribution < 1.29 is 31.5 Å². The van der Waals surface area contributed by atoms with E-state index < -0.39 is 46.3 Å². The van der Waals surface area contributed by atoms with Gasteiger partial charge in [-0.1, -0.05) is 44.2 Å². The molecule has 2 saturated heterocycles. The van der Waals surface area contributed by atoms with Crippen molar-refractivity contribution in [3.05, 3.63) is 106 Å². The normalized spacial score (nSPS) is 18.1. The first-order valence-electron chi connectivity index (χ1n) is 12.9. The highest BCUT2D eigenvalue weighted by molar-refractivity contribution is 6.10. The fourth-order valence-electron chi connectivity index (χ4n) is 5.46. The van der Waals surface area contributed by atoms with E-state index in [0.717, 1.165) is 41.3 Å². The molecule has 2 N–H and O–H groups in total. The molecule has 11 heteroatoms. The second kappa shape index (κ2) is 9.97. The summed E-state index contributed by atoms with van der Waals surface area (Å²) in [5.41, 5.74) is -2.78. The molecule has 0 aromatic heterocycles. The van der Waals surface area contributed by atoms with E-state index in [1.165, 1.54) is 35.2 Å². The SMILES string of the molecule is CC1(C)CCN(C(=O)c2cc(CN3C(=N)NC(c4ccc(F)cc4)(c4ccc(F)cc4)C3=O)ccc2C(F)(F)F)C1. The molecule has 2 aliphatic heterocycles. The highest BCUT2D eigenvalue weighted by atomic mass is 19.4. The van der Waals surface area contributed by atoms with E-state index in [-0.39, 0.29) is 34.6 Å². The van der Waals surface area contributed by atoms with E-state index in [1.54, 1.807) is 0 Å². The fraction of sp³-hybridized carbons (Fsp3) is 0.300. The summed E-state index contributed by atoms with van der Waals surface area (Å²) < 4.78 is 69.2. The smallest absolute Gasteiger partial charge is 0.338 e. The van der Waals surface area contributed by atoms with Crippen molar-refractivity contribution in [1.29, 1.82) is 5.41 Å². The number of nitrogens with zero attached hydrogens (tertiary/aromatic N) is 2. The molecule has 0 saturated carbocycles. The maximum atomic E-state index is 14.0. The number of carbonyl (C=O) groups excluding carboxylic acids is 2. The third-order valence-electron chi connectivity index (χ3n) is 7.62. The standard InChI is InChI=1S/C30H27F5N4O2/c1-28(2)13-14-38(17-28)25(40)23-15-18(3-12-24(23)30(33,34)35)16-39-26(41)29(37-27(39)36,19-4-8-21(31)9-5-19)20-6-10-22(32)11-7-20/h3-12,15H,13-14,16-17H2,1-2H3,(H2,36,37). The minimum Gasteiger partial charge on any atom is -0.338 e. The first-order chi connectivity index (χ1) is 19.2. The summed E-state index contributed by atoms with van der Waals surface area (Å²) in [5, 5.41) is 11.4. The molecule has 3 aromatic rings. The van der Waals surface area contributed by atoms with Crippen molar-refractivity contribution in [1.82, 2.24) is 15.1 Å². The van der Waals surface area contributed by atoms with E-state index in [9.17, 15) is 31.5 Å². The number of rotatable bonds is 5. The van der Waals surface area contributed by atoms with Crippen LogP contribution < -0.4 is 5.32 Å². The van der Waals surface area contributed by atoms with Gasteiger partial charge in [-0.2, -0.15) is 13.2 Å². The van der Waals surface area contributed by atoms with E-state index in [0.29, 0.717) is 19.5 Å². The second-order valence-corrected chi connectivity index (χ2v) is 11.1. The first kappa shape index (κ1) is 28.3. The molecule has 0 radical (unpaired) electrons. The number of hydrogen-bond acceptors (Lipinski definition) is 3. The molecule has 2 aliphatic rings. The molecule has 2 heterocycles. The Labute approximate surface area is 233 Å². The lowest BCUT2D eigenvalue weighted by Crippen LogP contribution is -2.45. The van der Waals surface area contributed by atoms with Crippen molar-refractivity contribution in [2.75, 3.05) is 13.1 Å². The number of guanidine groups is 1. The highest BCUT2D eigenvalue weighted by Crippen LogP contribution is 2.38. The van der Waals surface area contributed by atoms with Crippen molar-refractivity contribution in [3.63, 3.8) is 0 Å². The number of amides is 2. The molecular weight excluding hydrogens is 543 g/mol. The topological polar surface area (TPSA) is 76.5 Å². The molecule has 2 fully saturated rings. The van der Waals surface area contributed by atoms with Crippen molar-refractivity contribution in [2.24, 2.45) is 5.41 Å². The number of hydrogen-bond donors (Lipinski definition) is 2. The Morgan fingerprint density at radius 1 is 0.951 bits per heavy atom. The molecule has 6 nitrogen and oxygen atoms in total. The molecule has 0 aliphatic carbocycles. The van der Waals surface area contributed by atoms with Crippen LogP contribution in [0.4, 0.5) is 22.0 Å². The summed E-state index contributed by atoms with van der Waals surface area (Å²) in [6.45, 7) is 4.19. The molecule has 0 atom stereocenters. The third kappa shape index (κ3) is 5.16. The molecule has 0 unspecified atom stereocenters. The summed E-state index contributed by atoms with van der Waals surface area (Å²) in [7, 11) is 0. The van der Waals surface area contributed by atoms with Gasteiger partial charge in [0.1, 0.15) is 11.6 Å². The van der Waals surface area contributed by atoms with Gasteiger partial charge in [0.25, 0.3) is 11.8 Å². The quantitative estimate of drug-likeness (QED) is 0.389. The summed E-state index contributed by atoms with van der Waals surface area (Å²) in [5.74, 6) is -2.89. The van der Waals surface area contributed by atoms with Crippen LogP contribution in [-0.4, -0.2) is 40.7 Å². The first-order valence-corrected chi connectivity index (χ1v) is 12.9. The number of nitrogens with one attached hydrogen (secondary N) is 2. The van der Waals surface area contributed by atoms with Crippen molar-refractivity contribution in [2.45, 2.75) is 38.5 Å². The average molecular weight is 571 g/mol. The Hall–Kier alpha value is -4.28. The van der Waals surface area contributed by atoms with Crippen LogP contribution in [0.3, 0.4) is 0 Å². The van der Waals surface area contributed by atoms with Crippen LogP contribution >= 0.6 is 0 Å². The van der Waals surface area contributed by atoms with Gasteiger partial charge in [-0.25, -0.2) is 8.78 Å². The van der Waals surface area contributed by atoms with Crippen molar-refractivity contribution >= 4 is 17.8 Å². The van der Waals surface area contributed by atoms with Crippen LogP contribution in [0.5, 0.6) is 0 Å². The van der Waals surface area contributed by atoms with Crippen LogP contribution in [0, 0.1) is 22.5 Å². The zero-order valence-electron chi connectivity index (χ0n) is 22.3. The molecule has 2 amide bonds. The van der Waals surface area contributed by atoms with Crippen LogP contribution in [-0.2, 0) is 23.1 Å². The summed E-state index contributed by atoms with van der Waals surface area (Å²) in [6.07, 6.45) is -4.13. The lowest BCUT2D eigenvalue weighted by atomic mass is 9.82. The van der Waals surface area contributed by atoms with Crippen LogP contribution in [0.2, 0.25) is 0 Å². The largest absolute Gasteiger partial charge is 0.417 e. The van der Waals surface area contributed by atoms with Gasteiger partial charge in [0, 0.05) is 13.1 Å². The summed E-state index contributed by atoms with van der Waals surface area (Å²) in [4.78, 5) is 29.7. The Kier molecular flexibility index (Phi) is 6.87. The van der Waals surface area contributed by atoms with Gasteiger partial charge in [0.15, 0.2) is 11.5 Å². The van der Waals surface area contributed by atoms with Gasteiger partial charge in [-0.15, -0.1) is 0 Å². The van der Waals surface area contributed by atoms with Crippen LogP contribution in [0.1, 0.15) is 52.9 Å². The Balaban J connectivity index is 1.53. The molecule has 5 rings (SSSR count). The van der Waals surface area contributed by atoms with Gasteiger partial charge < -0.3 is 10.2 Å². The fourth-order valence-corrected chi connectivity index (χ4v) is 5.46. The van der Waals surface area contributed by atoms with Gasteiger partial charge >= 0.3 is 6.18 Å². The summed E-state index contributed by atoms with van der Waals surface area (Å²) in [6, 6.07) is 13.2. The Bertz CT molecular complexity index is 1470. The van der Waals surface area contributed by atoms with E-state index in [4.69, 9.17) is 5.41 Å². The number of carbonyl (C=O) groups is 2. The highest BCUT2D eigenvalue weighted by Gasteiger charge is 2.52. The minimum atomic E-state index is -4.78. The lowest BCUT2D eigenvalue weighted by molar-refractivity contribution is -0.138. The monoisotopic (exact) mass is 570 g/mol. The molecule has 0 bridgehead atoms. The zero-order valence-corrected chi connectivity index (χ0v) is 22.3. The minimum absolute atomic E-state index is 0.203. The molecule has 3 aromatic carbocycles. The van der Waals surface area contributed by atoms with Gasteiger partial charge in [-0.05, 0) is 64.9 Å². The Morgan fingerprint density at radius 2 is 1.51 bits per heavy atom. The van der Waals surface area contributed by atoms with Gasteiger partial charge in [-0.3, -0.25) is 19.9 Å². The molecule has 214 valence electrons. The summed E-state index contributed by atoms with van der Waals surface area (Å²) >= 11 is 0. The lowest BCUT2D eigenvalue weighted by Gasteiger charge is -2.28. The predicted octanol–water partition coefficient (Wildman–Crippen LogP) is 5.67. The van der Waals surface area contributed by atoms with E-state index in [2.05, 4.69) is 5.32 Å². The van der Waals surface area contributed by atoms with Gasteiger partial charge in [0.2, 0.25) is 0 Å². The van der Waals surface area contributed by atoms with Crippen LogP contribution in [0.25, 0.3) is 0 Å². The van der Waals surface area contributed by atoms with Crippen molar-refractivity contribution in [3.8, 4) is 0 Å². The molecular formula is C30H27F5N4O2. The van der Waals surface area contributed by atoms with E-state index in [1.807, 2.05) is 13.8 Å². The zero-order chi connectivity index (χ0) is 29.7. The predicted molar refractivity (Wildman–Crippen MR) is 141 cm³/mol. The second-order valence-electron chi connectivity index (χ2n) is 11.1. The molecule has 41 heavy (non-hydrogen) atoms. The molecule has 0 spiro atoms. The maximum Gasteiger partial charge on any atom is 0.417 e. The maximum absolute atomic E-state index is 14.0. The number of halogens is 5. The van der Waals surface area contributed by atoms with Gasteiger partial charge in [0.05, 0.1) is 17.7 Å².